The van der Waals surface area contributed by atoms with Crippen molar-refractivity contribution in [1.82, 2.24) is 4.98 Å². The monoisotopic (exact) mass is 441 g/mol. The predicted molar refractivity (Wildman–Crippen MR) is 142 cm³/mol. The van der Waals surface area contributed by atoms with E-state index in [4.69, 9.17) is 4.98 Å². The van der Waals surface area contributed by atoms with E-state index in [9.17, 15) is 0 Å². The Morgan fingerprint density at radius 2 is 1.35 bits per heavy atom. The van der Waals surface area contributed by atoms with Gasteiger partial charge in [-0.2, -0.15) is 0 Å². The molecule has 0 bridgehead atoms. The van der Waals surface area contributed by atoms with Crippen molar-refractivity contribution in [3.8, 4) is 5.69 Å². The van der Waals surface area contributed by atoms with Gasteiger partial charge in [-0.1, -0.05) is 60.7 Å². The zero-order valence-corrected chi connectivity index (χ0v) is 19.2. The first-order chi connectivity index (χ1) is 16.7. The van der Waals surface area contributed by atoms with Crippen molar-refractivity contribution in [2.24, 2.45) is 0 Å². The number of fused-ring (bicyclic) bond motifs is 4. The number of nitrogens with one attached hydrogen (secondary N) is 1. The second-order valence-corrected chi connectivity index (χ2v) is 8.68. The number of para-hydroxylation sites is 2. The Kier molecular flexibility index (Phi) is 4.84. The van der Waals surface area contributed by atoms with Crippen LogP contribution in [0.1, 0.15) is 0 Å². The van der Waals surface area contributed by atoms with Crippen LogP contribution < -0.4 is 14.8 Å². The molecule has 0 radical (unpaired) electrons. The van der Waals surface area contributed by atoms with Gasteiger partial charge < -0.3 is 10.2 Å². The third-order valence-corrected chi connectivity index (χ3v) is 6.25. The normalized spacial score (nSPS) is 11.2. The Bertz CT molecular complexity index is 1640. The van der Waals surface area contributed by atoms with Crippen LogP contribution >= 0.6 is 0 Å². The zero-order chi connectivity index (χ0) is 23.1. The highest BCUT2D eigenvalue weighted by Crippen LogP contribution is 2.33. The molecule has 0 aliphatic rings. The Hall–Kier alpha value is -4.44. The second-order valence-electron chi connectivity index (χ2n) is 8.68. The molecule has 0 aliphatic carbocycles. The lowest BCUT2D eigenvalue weighted by Gasteiger charge is -2.15. The van der Waals surface area contributed by atoms with Gasteiger partial charge in [-0.15, -0.1) is 4.57 Å². The number of hydrogen-bond donors (Lipinski definition) is 1. The van der Waals surface area contributed by atoms with Gasteiger partial charge in [0, 0.05) is 60.5 Å². The maximum atomic E-state index is 5.17. The summed E-state index contributed by atoms with van der Waals surface area (Å²) in [5.74, 6) is 0. The minimum absolute atomic E-state index is 0.968. The fourth-order valence-corrected chi connectivity index (χ4v) is 4.58. The van der Waals surface area contributed by atoms with Gasteiger partial charge in [-0.05, 0) is 24.3 Å². The SMILES string of the molecule is CN(C)c1ccc2nc3c4ccccc4c(Nc4ccccc4)cc3[n+](-c3ccccc3)c2c1. The van der Waals surface area contributed by atoms with E-state index in [1.165, 1.54) is 0 Å². The van der Waals surface area contributed by atoms with Gasteiger partial charge in [0.1, 0.15) is 11.0 Å². The first-order valence-electron chi connectivity index (χ1n) is 11.5. The Morgan fingerprint density at radius 3 is 2.09 bits per heavy atom. The lowest BCUT2D eigenvalue weighted by Crippen LogP contribution is -2.33. The van der Waals surface area contributed by atoms with Gasteiger partial charge >= 0.3 is 0 Å². The highest BCUT2D eigenvalue weighted by molar-refractivity contribution is 6.11. The molecule has 1 aromatic heterocycles. The molecule has 164 valence electrons. The number of benzene rings is 5. The fraction of sp³-hybridized carbons (Fsp3) is 0.0667. The third kappa shape index (κ3) is 3.41. The standard InChI is InChI=1S/C30H24N4/c1-33(2)23-17-18-26-28(19-23)34(22-13-7-4-8-14-22)29-20-27(31-21-11-5-3-6-12-21)24-15-9-10-16-25(24)30(29)32-26/h3-20H,1-2H3/p+1. The molecule has 34 heavy (non-hydrogen) atoms. The van der Waals surface area contributed by atoms with E-state index < -0.39 is 0 Å². The molecule has 4 nitrogen and oxygen atoms in total. The van der Waals surface area contributed by atoms with Crippen molar-refractivity contribution in [3.63, 3.8) is 0 Å². The zero-order valence-electron chi connectivity index (χ0n) is 19.2. The molecule has 0 saturated carbocycles. The molecule has 0 saturated heterocycles. The average Bonchev–Trinajstić information content (AvgIpc) is 2.88. The van der Waals surface area contributed by atoms with Crippen LogP contribution in [-0.4, -0.2) is 19.1 Å². The molecule has 0 amide bonds. The van der Waals surface area contributed by atoms with E-state index in [-0.39, 0.29) is 0 Å². The van der Waals surface area contributed by atoms with Crippen molar-refractivity contribution in [1.29, 1.82) is 0 Å². The summed E-state index contributed by atoms with van der Waals surface area (Å²) in [5, 5.41) is 5.92. The Balaban J connectivity index is 1.75. The maximum Gasteiger partial charge on any atom is 0.240 e. The van der Waals surface area contributed by atoms with Gasteiger partial charge in [0.05, 0.1) is 5.69 Å². The third-order valence-electron chi connectivity index (χ3n) is 6.25. The first-order valence-corrected chi connectivity index (χ1v) is 11.5. The molecular formula is C30H25N4+. The van der Waals surface area contributed by atoms with E-state index in [1.807, 2.05) is 18.2 Å². The molecule has 0 fully saturated rings. The molecule has 6 rings (SSSR count). The number of anilines is 3. The van der Waals surface area contributed by atoms with Crippen LogP contribution in [0.2, 0.25) is 0 Å². The Labute approximate surface area is 198 Å². The lowest BCUT2D eigenvalue weighted by atomic mass is 10.0. The van der Waals surface area contributed by atoms with Gasteiger partial charge in [0.15, 0.2) is 0 Å². The first kappa shape index (κ1) is 20.2. The van der Waals surface area contributed by atoms with Crippen molar-refractivity contribution in [2.45, 2.75) is 0 Å². The van der Waals surface area contributed by atoms with E-state index in [2.05, 4.69) is 120 Å². The van der Waals surface area contributed by atoms with Gasteiger partial charge in [-0.25, -0.2) is 4.98 Å². The summed E-state index contributed by atoms with van der Waals surface area (Å²) in [5.41, 5.74) is 8.46. The number of nitrogens with zero attached hydrogens (tertiary/aromatic N) is 3. The molecular weight excluding hydrogens is 416 g/mol. The van der Waals surface area contributed by atoms with Crippen molar-refractivity contribution >= 4 is 49.9 Å². The molecule has 6 aromatic rings. The fourth-order valence-electron chi connectivity index (χ4n) is 4.58. The van der Waals surface area contributed by atoms with Crippen molar-refractivity contribution < 1.29 is 4.57 Å². The van der Waals surface area contributed by atoms with E-state index >= 15 is 0 Å². The predicted octanol–water partition coefficient (Wildman–Crippen LogP) is 6.63. The smallest absolute Gasteiger partial charge is 0.240 e. The summed E-state index contributed by atoms with van der Waals surface area (Å²) < 4.78 is 2.33. The molecule has 0 atom stereocenters. The highest BCUT2D eigenvalue weighted by Gasteiger charge is 2.23. The molecule has 1 heterocycles. The van der Waals surface area contributed by atoms with Crippen LogP contribution in [0.4, 0.5) is 17.1 Å². The van der Waals surface area contributed by atoms with Crippen LogP contribution in [0.3, 0.4) is 0 Å². The highest BCUT2D eigenvalue weighted by atomic mass is 15.1. The van der Waals surface area contributed by atoms with Gasteiger partial charge in [0.25, 0.3) is 0 Å². The summed E-state index contributed by atoms with van der Waals surface area (Å²) >= 11 is 0. The lowest BCUT2D eigenvalue weighted by molar-refractivity contribution is -0.538. The van der Waals surface area contributed by atoms with Crippen molar-refractivity contribution in [3.05, 3.63) is 109 Å². The molecule has 4 heteroatoms. The largest absolute Gasteiger partial charge is 0.377 e. The summed E-state index contributed by atoms with van der Waals surface area (Å²) in [6.07, 6.45) is 0. The van der Waals surface area contributed by atoms with Crippen LogP contribution in [0, 0.1) is 0 Å². The van der Waals surface area contributed by atoms with E-state index in [0.717, 1.165) is 55.6 Å². The van der Waals surface area contributed by atoms with Gasteiger partial charge in [-0.3, -0.25) is 0 Å². The molecule has 0 unspecified atom stereocenters. The average molecular weight is 442 g/mol. The second kappa shape index (κ2) is 8.16. The molecule has 5 aromatic carbocycles. The van der Waals surface area contributed by atoms with Crippen LogP contribution in [0.5, 0.6) is 0 Å². The summed E-state index contributed by atoms with van der Waals surface area (Å²) in [4.78, 5) is 7.30. The molecule has 1 N–H and O–H groups in total. The summed E-state index contributed by atoms with van der Waals surface area (Å²) in [7, 11) is 4.13. The minimum atomic E-state index is 0.968. The minimum Gasteiger partial charge on any atom is -0.377 e. The Morgan fingerprint density at radius 1 is 0.676 bits per heavy atom. The quantitative estimate of drug-likeness (QED) is 0.189. The van der Waals surface area contributed by atoms with E-state index in [1.54, 1.807) is 0 Å². The summed E-state index contributed by atoms with van der Waals surface area (Å²) in [6.45, 7) is 0. The van der Waals surface area contributed by atoms with Crippen LogP contribution in [0.15, 0.2) is 109 Å². The molecule has 0 spiro atoms. The maximum absolute atomic E-state index is 5.17. The summed E-state index contributed by atoms with van der Waals surface area (Å²) in [6, 6.07) is 38.0. The number of rotatable bonds is 4. The number of aromatic nitrogens is 2. The topological polar surface area (TPSA) is 32.0 Å². The molecule has 0 aliphatic heterocycles. The van der Waals surface area contributed by atoms with Crippen LogP contribution in [0.25, 0.3) is 38.5 Å². The van der Waals surface area contributed by atoms with E-state index in [0.29, 0.717) is 0 Å². The van der Waals surface area contributed by atoms with Gasteiger partial charge in [0.2, 0.25) is 16.7 Å². The van der Waals surface area contributed by atoms with Crippen molar-refractivity contribution in [2.75, 3.05) is 24.3 Å². The number of hydrogen-bond acceptors (Lipinski definition) is 3. The van der Waals surface area contributed by atoms with Crippen LogP contribution in [-0.2, 0) is 0 Å².